The molecule has 0 atom stereocenters. The first kappa shape index (κ1) is 14.2. The van der Waals surface area contributed by atoms with Crippen LogP contribution in [0.1, 0.15) is 20.8 Å². The summed E-state index contributed by atoms with van der Waals surface area (Å²) in [7, 11) is -3.07. The fourth-order valence-electron chi connectivity index (χ4n) is 0.602. The lowest BCUT2D eigenvalue weighted by Crippen LogP contribution is -2.33. The molecule has 0 aromatic rings. The van der Waals surface area contributed by atoms with Gasteiger partial charge in [-0.25, -0.2) is 13.2 Å². The second kappa shape index (κ2) is 5.32. The molecule has 1 N–H and O–H groups in total. The minimum atomic E-state index is -3.07. The maximum absolute atomic E-state index is 11.0. The SMILES string of the molecule is CC(C)(C)OC(=O)NOCCS(C)(=O)=O. The van der Waals surface area contributed by atoms with E-state index in [2.05, 4.69) is 4.84 Å². The van der Waals surface area contributed by atoms with Crippen molar-refractivity contribution >= 4 is 15.9 Å². The molecule has 0 spiro atoms. The van der Waals surface area contributed by atoms with E-state index in [1.165, 1.54) is 0 Å². The van der Waals surface area contributed by atoms with E-state index >= 15 is 0 Å². The Bertz CT molecular complexity index is 303. The molecule has 0 rings (SSSR count). The molecule has 0 aliphatic carbocycles. The van der Waals surface area contributed by atoms with Gasteiger partial charge in [-0.15, -0.1) is 0 Å². The van der Waals surface area contributed by atoms with Gasteiger partial charge in [0.15, 0.2) is 0 Å². The smallest absolute Gasteiger partial charge is 0.431 e. The van der Waals surface area contributed by atoms with Crippen LogP contribution in [-0.2, 0) is 19.4 Å². The molecule has 15 heavy (non-hydrogen) atoms. The number of ether oxygens (including phenoxy) is 1. The van der Waals surface area contributed by atoms with Crippen LogP contribution in [0.3, 0.4) is 0 Å². The summed E-state index contributed by atoms with van der Waals surface area (Å²) in [5, 5.41) is 0. The van der Waals surface area contributed by atoms with Crippen LogP contribution in [0.4, 0.5) is 4.79 Å². The third-order valence-electron chi connectivity index (χ3n) is 1.11. The topological polar surface area (TPSA) is 81.7 Å². The zero-order valence-corrected chi connectivity index (χ0v) is 10.2. The van der Waals surface area contributed by atoms with Crippen LogP contribution in [0.2, 0.25) is 0 Å². The van der Waals surface area contributed by atoms with Gasteiger partial charge < -0.3 is 4.74 Å². The lowest BCUT2D eigenvalue weighted by molar-refractivity contribution is -0.00358. The second-order valence-corrected chi connectivity index (χ2v) is 6.34. The number of hydroxylamine groups is 1. The normalized spacial score (nSPS) is 12.3. The zero-order chi connectivity index (χ0) is 12.1. The molecule has 7 heteroatoms. The fraction of sp³-hybridized carbons (Fsp3) is 0.875. The minimum absolute atomic E-state index is 0.0991. The van der Waals surface area contributed by atoms with Crippen molar-refractivity contribution in [1.82, 2.24) is 5.48 Å². The zero-order valence-electron chi connectivity index (χ0n) is 9.36. The van der Waals surface area contributed by atoms with Crippen LogP contribution in [0.25, 0.3) is 0 Å². The van der Waals surface area contributed by atoms with Crippen LogP contribution in [0, 0.1) is 0 Å². The average molecular weight is 239 g/mol. The molecule has 0 fully saturated rings. The Morgan fingerprint density at radius 1 is 1.33 bits per heavy atom. The van der Waals surface area contributed by atoms with Crippen molar-refractivity contribution in [2.75, 3.05) is 18.6 Å². The van der Waals surface area contributed by atoms with Gasteiger partial charge in [0.2, 0.25) is 0 Å². The highest BCUT2D eigenvalue weighted by Gasteiger charge is 2.16. The van der Waals surface area contributed by atoms with Crippen LogP contribution in [0.15, 0.2) is 0 Å². The third-order valence-corrected chi connectivity index (χ3v) is 2.02. The Labute approximate surface area is 89.8 Å². The number of amides is 1. The largest absolute Gasteiger partial charge is 0.442 e. The maximum atomic E-state index is 11.0. The van der Waals surface area contributed by atoms with E-state index in [1.807, 2.05) is 5.48 Å². The molecule has 0 heterocycles. The van der Waals surface area contributed by atoms with Crippen molar-refractivity contribution in [1.29, 1.82) is 0 Å². The monoisotopic (exact) mass is 239 g/mol. The molecule has 0 aromatic carbocycles. The molecule has 0 saturated heterocycles. The summed E-state index contributed by atoms with van der Waals surface area (Å²) < 4.78 is 26.2. The van der Waals surface area contributed by atoms with Gasteiger partial charge in [-0.2, -0.15) is 5.48 Å². The highest BCUT2D eigenvalue weighted by atomic mass is 32.2. The van der Waals surface area contributed by atoms with Crippen LogP contribution < -0.4 is 5.48 Å². The van der Waals surface area contributed by atoms with Crippen molar-refractivity contribution in [3.63, 3.8) is 0 Å². The summed E-state index contributed by atoms with van der Waals surface area (Å²) in [4.78, 5) is 15.6. The van der Waals surface area contributed by atoms with E-state index in [1.54, 1.807) is 20.8 Å². The van der Waals surface area contributed by atoms with E-state index in [4.69, 9.17) is 4.74 Å². The maximum Gasteiger partial charge on any atom is 0.431 e. The Kier molecular flexibility index (Phi) is 5.02. The number of hydrogen-bond acceptors (Lipinski definition) is 5. The Morgan fingerprint density at radius 2 is 1.87 bits per heavy atom. The summed E-state index contributed by atoms with van der Waals surface area (Å²) in [6.45, 7) is 5.04. The Morgan fingerprint density at radius 3 is 2.27 bits per heavy atom. The number of hydrogen-bond donors (Lipinski definition) is 1. The minimum Gasteiger partial charge on any atom is -0.442 e. The van der Waals surface area contributed by atoms with Crippen LogP contribution >= 0.6 is 0 Å². The molecular formula is C8H17NO5S. The lowest BCUT2D eigenvalue weighted by atomic mass is 10.2. The molecule has 1 amide bonds. The first-order chi connectivity index (χ1) is 6.60. The molecule has 0 aliphatic rings. The predicted molar refractivity (Wildman–Crippen MR) is 55.0 cm³/mol. The average Bonchev–Trinajstić information content (AvgIpc) is 1.92. The molecule has 0 unspecified atom stereocenters. The lowest BCUT2D eigenvalue weighted by Gasteiger charge is -2.19. The standard InChI is InChI=1S/C8H17NO5S/c1-8(2,3)14-7(10)9-13-5-6-15(4,11)12/h5-6H2,1-4H3,(H,9,10). The first-order valence-corrected chi connectivity index (χ1v) is 6.45. The molecule has 6 nitrogen and oxygen atoms in total. The van der Waals surface area contributed by atoms with Gasteiger partial charge >= 0.3 is 6.09 Å². The van der Waals surface area contributed by atoms with Gasteiger partial charge in [0, 0.05) is 6.26 Å². The van der Waals surface area contributed by atoms with Gasteiger partial charge in [0.1, 0.15) is 15.4 Å². The number of carbonyl (C=O) groups excluding carboxylic acids is 1. The fourth-order valence-corrected chi connectivity index (χ4v) is 0.988. The summed E-state index contributed by atoms with van der Waals surface area (Å²) in [6.07, 6.45) is 0.347. The molecule has 90 valence electrons. The summed E-state index contributed by atoms with van der Waals surface area (Å²) in [5.74, 6) is -0.150. The Balaban J connectivity index is 3.66. The van der Waals surface area contributed by atoms with Crippen molar-refractivity contribution in [3.8, 4) is 0 Å². The molecule has 0 aliphatic heterocycles. The predicted octanol–water partition coefficient (Wildman–Crippen LogP) is 0.487. The first-order valence-electron chi connectivity index (χ1n) is 4.39. The van der Waals surface area contributed by atoms with E-state index in [0.29, 0.717) is 0 Å². The second-order valence-electron chi connectivity index (χ2n) is 4.08. The highest BCUT2D eigenvalue weighted by molar-refractivity contribution is 7.90. The van der Waals surface area contributed by atoms with Gasteiger partial charge in [-0.3, -0.25) is 4.84 Å². The van der Waals surface area contributed by atoms with E-state index in [0.717, 1.165) is 6.26 Å². The quantitative estimate of drug-likeness (QED) is 0.570. The van der Waals surface area contributed by atoms with Crippen molar-refractivity contribution in [2.24, 2.45) is 0 Å². The summed E-state index contributed by atoms with van der Waals surface area (Å²) >= 11 is 0. The van der Waals surface area contributed by atoms with Crippen molar-refractivity contribution < 1.29 is 22.8 Å². The van der Waals surface area contributed by atoms with Gasteiger partial charge in [0.25, 0.3) is 0 Å². The number of carbonyl (C=O) groups is 1. The van der Waals surface area contributed by atoms with Gasteiger partial charge in [0.05, 0.1) is 12.4 Å². The van der Waals surface area contributed by atoms with Crippen LogP contribution in [-0.4, -0.2) is 38.7 Å². The number of sulfone groups is 1. The molecule has 0 radical (unpaired) electrons. The third kappa shape index (κ3) is 11.1. The summed E-state index contributed by atoms with van der Waals surface area (Å²) in [5.41, 5.74) is 1.38. The van der Waals surface area contributed by atoms with E-state index in [-0.39, 0.29) is 12.4 Å². The van der Waals surface area contributed by atoms with Crippen molar-refractivity contribution in [3.05, 3.63) is 0 Å². The summed E-state index contributed by atoms with van der Waals surface area (Å²) in [6, 6.07) is 0. The molecule has 0 aromatic heterocycles. The van der Waals surface area contributed by atoms with Gasteiger partial charge in [-0.1, -0.05) is 0 Å². The van der Waals surface area contributed by atoms with Crippen molar-refractivity contribution in [2.45, 2.75) is 26.4 Å². The number of nitrogens with one attached hydrogen (secondary N) is 1. The highest BCUT2D eigenvalue weighted by Crippen LogP contribution is 2.06. The van der Waals surface area contributed by atoms with Crippen LogP contribution in [0.5, 0.6) is 0 Å². The molecular weight excluding hydrogens is 222 g/mol. The number of rotatable bonds is 4. The van der Waals surface area contributed by atoms with E-state index < -0.39 is 21.5 Å². The Hall–Kier alpha value is -0.820. The molecule has 0 saturated carbocycles. The van der Waals surface area contributed by atoms with Gasteiger partial charge in [-0.05, 0) is 20.8 Å². The molecule has 0 bridgehead atoms. The van der Waals surface area contributed by atoms with E-state index in [9.17, 15) is 13.2 Å².